The third-order valence-corrected chi connectivity index (χ3v) is 3.16. The van der Waals surface area contributed by atoms with Crippen molar-refractivity contribution >= 4 is 21.6 Å². The van der Waals surface area contributed by atoms with Gasteiger partial charge in [0, 0.05) is 16.7 Å². The first-order valence-electron chi connectivity index (χ1n) is 6.10. The van der Waals surface area contributed by atoms with E-state index in [0.717, 1.165) is 22.5 Å². The second kappa shape index (κ2) is 7.00. The molecule has 0 saturated heterocycles. The molecule has 1 N–H and O–H groups in total. The van der Waals surface area contributed by atoms with Gasteiger partial charge in [-0.15, -0.1) is 0 Å². The third-order valence-electron chi connectivity index (χ3n) is 2.63. The summed E-state index contributed by atoms with van der Waals surface area (Å²) in [4.78, 5) is 0. The molecule has 0 unspecified atom stereocenters. The molecule has 0 spiro atoms. The average molecular weight is 318 g/mol. The molecule has 2 aromatic carbocycles. The molecular formula is C16H16BrNO. The molecule has 0 fully saturated rings. The quantitative estimate of drug-likeness (QED) is 0.784. The summed E-state index contributed by atoms with van der Waals surface area (Å²) in [5.74, 6) is 0.868. The minimum Gasteiger partial charge on any atom is -0.490 e. The molecule has 0 atom stereocenters. The van der Waals surface area contributed by atoms with Gasteiger partial charge in [0.2, 0.25) is 0 Å². The Morgan fingerprint density at radius 2 is 1.74 bits per heavy atom. The van der Waals surface area contributed by atoms with Crippen molar-refractivity contribution in [1.29, 1.82) is 0 Å². The smallest absolute Gasteiger partial charge is 0.119 e. The number of anilines is 1. The van der Waals surface area contributed by atoms with E-state index in [9.17, 15) is 0 Å². The minimum absolute atomic E-state index is 0.538. The van der Waals surface area contributed by atoms with Gasteiger partial charge >= 0.3 is 0 Å². The monoisotopic (exact) mass is 317 g/mol. The van der Waals surface area contributed by atoms with Gasteiger partial charge in [-0.1, -0.05) is 40.7 Å². The lowest BCUT2D eigenvalue weighted by Gasteiger charge is -2.08. The summed E-state index contributed by atoms with van der Waals surface area (Å²) in [5.41, 5.74) is 2.32. The van der Waals surface area contributed by atoms with Crippen LogP contribution < -0.4 is 10.1 Å². The summed E-state index contributed by atoms with van der Waals surface area (Å²) < 4.78 is 6.53. The molecule has 0 aliphatic rings. The van der Waals surface area contributed by atoms with Crippen LogP contribution in [0.4, 0.5) is 5.69 Å². The first-order chi connectivity index (χ1) is 9.28. The first kappa shape index (κ1) is 13.7. The lowest BCUT2D eigenvalue weighted by atomic mass is 10.2. The van der Waals surface area contributed by atoms with Crippen molar-refractivity contribution in [2.75, 3.05) is 11.9 Å². The Labute approximate surface area is 122 Å². The van der Waals surface area contributed by atoms with Gasteiger partial charge in [0.25, 0.3) is 0 Å². The molecule has 98 valence electrons. The summed E-state index contributed by atoms with van der Waals surface area (Å²) in [6.45, 7) is 4.96. The highest BCUT2D eigenvalue weighted by Gasteiger charge is 1.96. The molecule has 0 saturated carbocycles. The van der Waals surface area contributed by atoms with Crippen molar-refractivity contribution < 1.29 is 4.74 Å². The van der Waals surface area contributed by atoms with Gasteiger partial charge in [-0.25, -0.2) is 0 Å². The lowest BCUT2D eigenvalue weighted by Crippen LogP contribution is -1.99. The standard InChI is InChI=1S/C16H16BrNO/c1-2-11-19-16-9-3-13(4-10-16)12-18-15-7-5-14(17)6-8-15/h2-10,18H,1,11-12H2. The Morgan fingerprint density at radius 3 is 2.37 bits per heavy atom. The van der Waals surface area contributed by atoms with Crippen molar-refractivity contribution in [3.05, 3.63) is 71.2 Å². The fourth-order valence-corrected chi connectivity index (χ4v) is 1.89. The summed E-state index contributed by atoms with van der Waals surface area (Å²) in [5, 5.41) is 3.37. The number of nitrogens with one attached hydrogen (secondary N) is 1. The number of hydrogen-bond acceptors (Lipinski definition) is 2. The Kier molecular flexibility index (Phi) is 5.04. The van der Waals surface area contributed by atoms with Crippen molar-refractivity contribution in [2.45, 2.75) is 6.54 Å². The topological polar surface area (TPSA) is 21.3 Å². The number of hydrogen-bond donors (Lipinski definition) is 1. The van der Waals surface area contributed by atoms with Crippen LogP contribution in [0, 0.1) is 0 Å². The number of rotatable bonds is 6. The van der Waals surface area contributed by atoms with Gasteiger partial charge in [-0.3, -0.25) is 0 Å². The van der Waals surface area contributed by atoms with E-state index in [-0.39, 0.29) is 0 Å². The zero-order valence-electron chi connectivity index (χ0n) is 10.6. The fraction of sp³-hybridized carbons (Fsp3) is 0.125. The van der Waals surface area contributed by atoms with Crippen molar-refractivity contribution in [2.24, 2.45) is 0 Å². The van der Waals surface area contributed by atoms with Gasteiger partial charge in [0.15, 0.2) is 0 Å². The van der Waals surface area contributed by atoms with Crippen LogP contribution in [0.2, 0.25) is 0 Å². The second-order valence-corrected chi connectivity index (χ2v) is 5.02. The van der Waals surface area contributed by atoms with Crippen LogP contribution in [0.3, 0.4) is 0 Å². The molecule has 0 heterocycles. The largest absolute Gasteiger partial charge is 0.490 e. The normalized spacial score (nSPS) is 9.95. The highest BCUT2D eigenvalue weighted by molar-refractivity contribution is 9.10. The molecule has 2 aromatic rings. The maximum absolute atomic E-state index is 5.44. The predicted molar refractivity (Wildman–Crippen MR) is 83.6 cm³/mol. The fourth-order valence-electron chi connectivity index (χ4n) is 1.63. The number of halogens is 1. The lowest BCUT2D eigenvalue weighted by molar-refractivity contribution is 0.363. The van der Waals surface area contributed by atoms with Gasteiger partial charge in [0.05, 0.1) is 0 Å². The highest BCUT2D eigenvalue weighted by atomic mass is 79.9. The molecule has 2 nitrogen and oxygen atoms in total. The molecule has 2 rings (SSSR count). The predicted octanol–water partition coefficient (Wildman–Crippen LogP) is 4.63. The van der Waals surface area contributed by atoms with Crippen LogP contribution in [-0.2, 0) is 6.54 Å². The van der Waals surface area contributed by atoms with Crippen LogP contribution in [0.15, 0.2) is 65.7 Å². The van der Waals surface area contributed by atoms with Crippen LogP contribution in [0.5, 0.6) is 5.75 Å². The van der Waals surface area contributed by atoms with E-state index in [0.29, 0.717) is 6.61 Å². The van der Waals surface area contributed by atoms with Gasteiger partial charge in [-0.2, -0.15) is 0 Å². The Balaban J connectivity index is 1.89. The molecule has 0 amide bonds. The molecule has 0 aromatic heterocycles. The summed E-state index contributed by atoms with van der Waals surface area (Å²) in [7, 11) is 0. The van der Waals surface area contributed by atoms with E-state index in [1.54, 1.807) is 6.08 Å². The van der Waals surface area contributed by atoms with Crippen LogP contribution >= 0.6 is 15.9 Å². The van der Waals surface area contributed by atoms with Gasteiger partial charge in [-0.05, 0) is 42.0 Å². The second-order valence-electron chi connectivity index (χ2n) is 4.10. The number of benzene rings is 2. The maximum atomic E-state index is 5.44. The Bertz CT molecular complexity index is 519. The third kappa shape index (κ3) is 4.45. The van der Waals surface area contributed by atoms with Crippen LogP contribution in [-0.4, -0.2) is 6.61 Å². The van der Waals surface area contributed by atoms with E-state index in [4.69, 9.17) is 4.74 Å². The summed E-state index contributed by atoms with van der Waals surface area (Å²) >= 11 is 3.42. The van der Waals surface area contributed by atoms with Crippen LogP contribution in [0.1, 0.15) is 5.56 Å². The number of ether oxygens (including phenoxy) is 1. The van der Waals surface area contributed by atoms with Crippen LogP contribution in [0.25, 0.3) is 0 Å². The Hall–Kier alpha value is -1.74. The molecular weight excluding hydrogens is 302 g/mol. The van der Waals surface area contributed by atoms with E-state index >= 15 is 0 Å². The van der Waals surface area contributed by atoms with Gasteiger partial charge in [0.1, 0.15) is 12.4 Å². The summed E-state index contributed by atoms with van der Waals surface area (Å²) in [6.07, 6.45) is 1.74. The molecule has 19 heavy (non-hydrogen) atoms. The molecule has 0 radical (unpaired) electrons. The average Bonchev–Trinajstić information content (AvgIpc) is 2.46. The maximum Gasteiger partial charge on any atom is 0.119 e. The summed E-state index contributed by atoms with van der Waals surface area (Å²) in [6, 6.07) is 16.2. The van der Waals surface area contributed by atoms with Crippen molar-refractivity contribution in [1.82, 2.24) is 0 Å². The molecule has 0 aliphatic carbocycles. The van der Waals surface area contributed by atoms with E-state index in [1.165, 1.54) is 5.56 Å². The van der Waals surface area contributed by atoms with E-state index < -0.39 is 0 Å². The first-order valence-corrected chi connectivity index (χ1v) is 6.89. The van der Waals surface area contributed by atoms with Crippen molar-refractivity contribution in [3.63, 3.8) is 0 Å². The molecule has 0 aliphatic heterocycles. The molecule has 3 heteroatoms. The zero-order chi connectivity index (χ0) is 13.5. The SMILES string of the molecule is C=CCOc1ccc(CNc2ccc(Br)cc2)cc1. The van der Waals surface area contributed by atoms with E-state index in [2.05, 4.69) is 40.0 Å². The molecule has 0 bridgehead atoms. The zero-order valence-corrected chi connectivity index (χ0v) is 12.2. The minimum atomic E-state index is 0.538. The van der Waals surface area contributed by atoms with E-state index in [1.807, 2.05) is 36.4 Å². The van der Waals surface area contributed by atoms with Gasteiger partial charge < -0.3 is 10.1 Å². The van der Waals surface area contributed by atoms with Crippen molar-refractivity contribution in [3.8, 4) is 5.75 Å². The Morgan fingerprint density at radius 1 is 1.05 bits per heavy atom. The highest BCUT2D eigenvalue weighted by Crippen LogP contribution is 2.16.